The van der Waals surface area contributed by atoms with Crippen LogP contribution in [0.5, 0.6) is 17.2 Å². The van der Waals surface area contributed by atoms with Crippen LogP contribution in [0, 0.1) is 0 Å². The van der Waals surface area contributed by atoms with Gasteiger partial charge in [0.1, 0.15) is 28.5 Å². The van der Waals surface area contributed by atoms with Gasteiger partial charge >= 0.3 is 5.97 Å². The molecule has 0 unspecified atom stereocenters. The lowest BCUT2D eigenvalue weighted by molar-refractivity contribution is -0.119. The van der Waals surface area contributed by atoms with Crippen molar-refractivity contribution in [3.8, 4) is 34.2 Å². The van der Waals surface area contributed by atoms with Crippen molar-refractivity contribution in [2.24, 2.45) is 0 Å². The summed E-state index contributed by atoms with van der Waals surface area (Å²) < 4.78 is 22.9. The molecule has 0 aliphatic heterocycles. The highest BCUT2D eigenvalue weighted by atomic mass is 16.5. The Labute approximate surface area is 208 Å². The number of ether oxygens (including phenoxy) is 4. The SMILES string of the molecule is COc1ccc(NC(=O)COC(=O)c2cn(-c3ccccc3)nc2-c2cc(OC)ccc2OC)cc1. The molecule has 0 saturated heterocycles. The lowest BCUT2D eigenvalue weighted by Gasteiger charge is -2.10. The smallest absolute Gasteiger partial charge is 0.342 e. The highest BCUT2D eigenvalue weighted by molar-refractivity contribution is 5.99. The number of methoxy groups -OCH3 is 3. The van der Waals surface area contributed by atoms with Crippen LogP contribution in [0.25, 0.3) is 16.9 Å². The minimum absolute atomic E-state index is 0.169. The van der Waals surface area contributed by atoms with Gasteiger partial charge in [0.2, 0.25) is 0 Å². The van der Waals surface area contributed by atoms with Crippen LogP contribution < -0.4 is 19.5 Å². The zero-order chi connectivity index (χ0) is 25.5. The second kappa shape index (κ2) is 11.1. The fourth-order valence-electron chi connectivity index (χ4n) is 3.51. The maximum absolute atomic E-state index is 13.1. The molecule has 0 bridgehead atoms. The molecule has 1 aromatic heterocycles. The van der Waals surface area contributed by atoms with Crippen LogP contribution in [-0.4, -0.2) is 49.6 Å². The predicted octanol–water partition coefficient (Wildman–Crippen LogP) is 4.36. The molecule has 0 saturated carbocycles. The van der Waals surface area contributed by atoms with Gasteiger partial charge in [-0.3, -0.25) is 4.79 Å². The minimum atomic E-state index is -0.707. The van der Waals surface area contributed by atoms with E-state index >= 15 is 0 Å². The van der Waals surface area contributed by atoms with Gasteiger partial charge in [-0.2, -0.15) is 5.10 Å². The van der Waals surface area contributed by atoms with E-state index in [9.17, 15) is 9.59 Å². The Hall–Kier alpha value is -4.79. The first-order valence-corrected chi connectivity index (χ1v) is 11.0. The number of carbonyl (C=O) groups excluding carboxylic acids is 2. The fraction of sp³-hybridized carbons (Fsp3) is 0.148. The third-order valence-corrected chi connectivity index (χ3v) is 5.32. The molecule has 184 valence electrons. The summed E-state index contributed by atoms with van der Waals surface area (Å²) in [6, 6.07) is 21.3. The van der Waals surface area contributed by atoms with Gasteiger partial charge < -0.3 is 24.3 Å². The first-order valence-electron chi connectivity index (χ1n) is 11.0. The van der Waals surface area contributed by atoms with Crippen LogP contribution in [0.4, 0.5) is 5.69 Å². The van der Waals surface area contributed by atoms with E-state index in [1.807, 2.05) is 30.3 Å². The van der Waals surface area contributed by atoms with Gasteiger partial charge in [-0.15, -0.1) is 0 Å². The van der Waals surface area contributed by atoms with E-state index in [4.69, 9.17) is 18.9 Å². The maximum Gasteiger partial charge on any atom is 0.342 e. The number of anilines is 1. The lowest BCUT2D eigenvalue weighted by atomic mass is 10.1. The molecular weight excluding hydrogens is 462 g/mol. The summed E-state index contributed by atoms with van der Waals surface area (Å²) in [5.41, 5.74) is 2.34. The molecule has 9 heteroatoms. The Bertz CT molecular complexity index is 1350. The molecule has 4 aromatic rings. The third kappa shape index (κ3) is 5.47. The van der Waals surface area contributed by atoms with Crippen LogP contribution in [-0.2, 0) is 9.53 Å². The van der Waals surface area contributed by atoms with Crippen molar-refractivity contribution in [1.82, 2.24) is 9.78 Å². The van der Waals surface area contributed by atoms with Gasteiger partial charge in [0.15, 0.2) is 6.61 Å². The summed E-state index contributed by atoms with van der Waals surface area (Å²) in [5, 5.41) is 7.32. The van der Waals surface area contributed by atoms with E-state index in [2.05, 4.69) is 10.4 Å². The van der Waals surface area contributed by atoms with Crippen LogP contribution >= 0.6 is 0 Å². The molecule has 0 aliphatic carbocycles. The number of amides is 1. The van der Waals surface area contributed by atoms with Gasteiger partial charge in [0.05, 0.1) is 27.0 Å². The zero-order valence-electron chi connectivity index (χ0n) is 20.1. The van der Waals surface area contributed by atoms with Crippen molar-refractivity contribution in [3.63, 3.8) is 0 Å². The molecule has 9 nitrogen and oxygen atoms in total. The third-order valence-electron chi connectivity index (χ3n) is 5.32. The molecule has 1 N–H and O–H groups in total. The Morgan fingerprint density at radius 3 is 2.22 bits per heavy atom. The van der Waals surface area contributed by atoms with E-state index in [1.54, 1.807) is 67.6 Å². The van der Waals surface area contributed by atoms with E-state index in [0.717, 1.165) is 5.69 Å². The number of para-hydroxylation sites is 1. The molecule has 0 radical (unpaired) electrons. The van der Waals surface area contributed by atoms with Crippen LogP contribution in [0.1, 0.15) is 10.4 Å². The highest BCUT2D eigenvalue weighted by Gasteiger charge is 2.23. The first-order chi connectivity index (χ1) is 17.5. The Morgan fingerprint density at radius 1 is 0.861 bits per heavy atom. The number of nitrogens with one attached hydrogen (secondary N) is 1. The molecule has 0 aliphatic rings. The number of hydrogen-bond acceptors (Lipinski definition) is 7. The van der Waals surface area contributed by atoms with E-state index in [0.29, 0.717) is 34.2 Å². The monoisotopic (exact) mass is 487 g/mol. The number of rotatable bonds is 9. The molecule has 0 spiro atoms. The van der Waals surface area contributed by atoms with Gasteiger partial charge in [-0.1, -0.05) is 18.2 Å². The van der Waals surface area contributed by atoms with Crippen molar-refractivity contribution in [3.05, 3.63) is 84.6 Å². The summed E-state index contributed by atoms with van der Waals surface area (Å²) in [7, 11) is 4.63. The van der Waals surface area contributed by atoms with Crippen molar-refractivity contribution >= 4 is 17.6 Å². The van der Waals surface area contributed by atoms with E-state index in [1.165, 1.54) is 7.11 Å². The molecule has 0 fully saturated rings. The molecule has 3 aromatic carbocycles. The zero-order valence-corrected chi connectivity index (χ0v) is 20.1. The van der Waals surface area contributed by atoms with Crippen molar-refractivity contribution < 1.29 is 28.5 Å². The second-order valence-electron chi connectivity index (χ2n) is 7.59. The summed E-state index contributed by atoms with van der Waals surface area (Å²) >= 11 is 0. The topological polar surface area (TPSA) is 101 Å². The second-order valence-corrected chi connectivity index (χ2v) is 7.59. The number of aromatic nitrogens is 2. The molecule has 1 heterocycles. The largest absolute Gasteiger partial charge is 0.497 e. The molecule has 4 rings (SSSR count). The average Bonchev–Trinajstić information content (AvgIpc) is 3.38. The highest BCUT2D eigenvalue weighted by Crippen LogP contribution is 2.35. The molecule has 0 atom stereocenters. The normalized spacial score (nSPS) is 10.4. The quantitative estimate of drug-likeness (QED) is 0.350. The van der Waals surface area contributed by atoms with Crippen LogP contribution in [0.2, 0.25) is 0 Å². The minimum Gasteiger partial charge on any atom is -0.497 e. The van der Waals surface area contributed by atoms with Gasteiger partial charge in [0, 0.05) is 17.4 Å². The number of carbonyl (C=O) groups is 2. The number of benzene rings is 3. The van der Waals surface area contributed by atoms with Gasteiger partial charge in [-0.25, -0.2) is 9.48 Å². The fourth-order valence-corrected chi connectivity index (χ4v) is 3.51. The summed E-state index contributed by atoms with van der Waals surface area (Å²) in [6.45, 7) is -0.476. The van der Waals surface area contributed by atoms with Crippen molar-refractivity contribution in [1.29, 1.82) is 0 Å². The molecular formula is C27H25N3O6. The summed E-state index contributed by atoms with van der Waals surface area (Å²) in [6.07, 6.45) is 1.56. The molecule has 36 heavy (non-hydrogen) atoms. The van der Waals surface area contributed by atoms with Gasteiger partial charge in [-0.05, 0) is 54.6 Å². The Balaban J connectivity index is 1.60. The number of nitrogens with zero attached hydrogens (tertiary/aromatic N) is 2. The maximum atomic E-state index is 13.1. The molecule has 1 amide bonds. The van der Waals surface area contributed by atoms with Gasteiger partial charge in [0.25, 0.3) is 5.91 Å². The lowest BCUT2D eigenvalue weighted by Crippen LogP contribution is -2.21. The summed E-state index contributed by atoms with van der Waals surface area (Å²) in [4.78, 5) is 25.5. The first kappa shape index (κ1) is 24.3. The Kier molecular flexibility index (Phi) is 7.50. The van der Waals surface area contributed by atoms with Crippen LogP contribution in [0.3, 0.4) is 0 Å². The van der Waals surface area contributed by atoms with E-state index < -0.39 is 18.5 Å². The van der Waals surface area contributed by atoms with Crippen molar-refractivity contribution in [2.75, 3.05) is 33.3 Å². The van der Waals surface area contributed by atoms with Crippen LogP contribution in [0.15, 0.2) is 79.0 Å². The van der Waals surface area contributed by atoms with Crippen molar-refractivity contribution in [2.45, 2.75) is 0 Å². The van der Waals surface area contributed by atoms with E-state index in [-0.39, 0.29) is 5.56 Å². The predicted molar refractivity (Wildman–Crippen MR) is 134 cm³/mol. The summed E-state index contributed by atoms with van der Waals surface area (Å²) in [5.74, 6) is 0.542. The number of hydrogen-bond donors (Lipinski definition) is 1. The Morgan fingerprint density at radius 2 is 1.56 bits per heavy atom. The standard InChI is InChI=1S/C27H25N3O6/c1-33-20-11-9-18(10-12-20)28-25(31)17-36-27(32)23-16-30(19-7-5-4-6-8-19)29-26(23)22-15-21(34-2)13-14-24(22)35-3/h4-16H,17H2,1-3H3,(H,28,31). The average molecular weight is 488 g/mol. The number of esters is 1.